The van der Waals surface area contributed by atoms with Gasteiger partial charge in [-0.1, -0.05) is 27.7 Å². The highest BCUT2D eigenvalue weighted by Gasteiger charge is 2.36. The van der Waals surface area contributed by atoms with E-state index in [1.54, 1.807) is 18.7 Å². The Balaban J connectivity index is 2.24. The first kappa shape index (κ1) is 25.2. The largest absolute Gasteiger partial charge is 0.461 e. The number of amides is 1. The van der Waals surface area contributed by atoms with E-state index in [0.717, 1.165) is 25.0 Å². The van der Waals surface area contributed by atoms with Crippen LogP contribution in [0.3, 0.4) is 0 Å². The van der Waals surface area contributed by atoms with Gasteiger partial charge in [-0.05, 0) is 63.9 Å². The summed E-state index contributed by atoms with van der Waals surface area (Å²) in [6, 6.07) is 0.164. The second-order valence-corrected chi connectivity index (χ2v) is 10.1. The van der Waals surface area contributed by atoms with E-state index >= 15 is 0 Å². The molecule has 0 spiro atoms. The fourth-order valence-corrected chi connectivity index (χ4v) is 4.74. The SMILES string of the molecule is CCOC(=O)c1c(C)c(C(=O)CN(C(=O)C[C@@H](C)CC(C)(C)C)C2CC2)c(C)n1CC. The number of hydrogen-bond donors (Lipinski definition) is 0. The van der Waals surface area contributed by atoms with Gasteiger partial charge < -0.3 is 14.2 Å². The summed E-state index contributed by atoms with van der Waals surface area (Å²) in [4.78, 5) is 40.7. The number of nitrogens with zero attached hydrogens (tertiary/aromatic N) is 2. The van der Waals surface area contributed by atoms with Gasteiger partial charge in [0, 0.05) is 30.3 Å². The zero-order valence-electron chi connectivity index (χ0n) is 20.6. The number of aromatic nitrogens is 1. The Kier molecular flexibility index (Phi) is 8.12. The minimum absolute atomic E-state index is 0.0587. The molecular weight excluding hydrogens is 392 g/mol. The van der Waals surface area contributed by atoms with E-state index in [1.807, 2.05) is 18.4 Å². The summed E-state index contributed by atoms with van der Waals surface area (Å²) in [5.41, 5.74) is 2.56. The fraction of sp³-hybridized carbons (Fsp3) is 0.720. The van der Waals surface area contributed by atoms with Crippen LogP contribution in [0.5, 0.6) is 0 Å². The van der Waals surface area contributed by atoms with Crippen molar-refractivity contribution in [3.8, 4) is 0 Å². The number of hydrogen-bond acceptors (Lipinski definition) is 4. The number of rotatable bonds is 10. The van der Waals surface area contributed by atoms with Gasteiger partial charge in [0.15, 0.2) is 5.78 Å². The van der Waals surface area contributed by atoms with Crippen LogP contribution in [-0.2, 0) is 16.1 Å². The van der Waals surface area contributed by atoms with Crippen molar-refractivity contribution in [3.63, 3.8) is 0 Å². The molecule has 1 amide bonds. The van der Waals surface area contributed by atoms with Crippen LogP contribution < -0.4 is 0 Å². The molecule has 0 aromatic carbocycles. The van der Waals surface area contributed by atoms with Crippen molar-refractivity contribution >= 4 is 17.7 Å². The van der Waals surface area contributed by atoms with Crippen molar-refractivity contribution in [3.05, 3.63) is 22.5 Å². The van der Waals surface area contributed by atoms with Crippen LogP contribution in [0.25, 0.3) is 0 Å². The molecule has 1 heterocycles. The molecule has 1 aromatic rings. The molecule has 174 valence electrons. The third kappa shape index (κ3) is 6.20. The van der Waals surface area contributed by atoms with Gasteiger partial charge in [0.1, 0.15) is 5.69 Å². The minimum Gasteiger partial charge on any atom is -0.461 e. The molecule has 0 radical (unpaired) electrons. The van der Waals surface area contributed by atoms with Crippen LogP contribution in [0.1, 0.15) is 99.3 Å². The molecule has 0 aliphatic heterocycles. The van der Waals surface area contributed by atoms with E-state index in [0.29, 0.717) is 29.8 Å². The molecule has 1 fully saturated rings. The predicted octanol–water partition coefficient (Wildman–Crippen LogP) is 4.94. The molecule has 1 aliphatic carbocycles. The van der Waals surface area contributed by atoms with Gasteiger partial charge in [0.25, 0.3) is 0 Å². The molecule has 0 bridgehead atoms. The average molecular weight is 433 g/mol. The van der Waals surface area contributed by atoms with Crippen LogP contribution >= 0.6 is 0 Å². The average Bonchev–Trinajstić information content (AvgIpc) is 3.43. The second kappa shape index (κ2) is 10.0. The van der Waals surface area contributed by atoms with Gasteiger partial charge in [-0.2, -0.15) is 0 Å². The lowest BCUT2D eigenvalue weighted by atomic mass is 9.84. The van der Waals surface area contributed by atoms with E-state index in [1.165, 1.54) is 0 Å². The zero-order chi connectivity index (χ0) is 23.5. The van der Waals surface area contributed by atoms with Gasteiger partial charge >= 0.3 is 5.97 Å². The predicted molar refractivity (Wildman–Crippen MR) is 122 cm³/mol. The third-order valence-electron chi connectivity index (χ3n) is 5.94. The molecule has 1 saturated carbocycles. The molecule has 0 saturated heterocycles. The topological polar surface area (TPSA) is 68.6 Å². The highest BCUT2D eigenvalue weighted by atomic mass is 16.5. The summed E-state index contributed by atoms with van der Waals surface area (Å²) in [5, 5.41) is 0. The van der Waals surface area contributed by atoms with Gasteiger partial charge in [-0.25, -0.2) is 4.79 Å². The highest BCUT2D eigenvalue weighted by molar-refractivity contribution is 6.04. The lowest BCUT2D eigenvalue weighted by Crippen LogP contribution is -2.38. The summed E-state index contributed by atoms with van der Waals surface area (Å²) in [6.45, 7) is 17.0. The first-order chi connectivity index (χ1) is 14.4. The van der Waals surface area contributed by atoms with E-state index in [-0.39, 0.29) is 42.2 Å². The smallest absolute Gasteiger partial charge is 0.355 e. The molecule has 1 atom stereocenters. The molecule has 1 aliphatic rings. The van der Waals surface area contributed by atoms with E-state index in [4.69, 9.17) is 4.74 Å². The first-order valence-corrected chi connectivity index (χ1v) is 11.6. The monoisotopic (exact) mass is 432 g/mol. The Morgan fingerprint density at radius 3 is 2.26 bits per heavy atom. The number of carbonyl (C=O) groups is 3. The van der Waals surface area contributed by atoms with Crippen LogP contribution in [0, 0.1) is 25.2 Å². The van der Waals surface area contributed by atoms with Crippen LogP contribution in [0.4, 0.5) is 0 Å². The van der Waals surface area contributed by atoms with Gasteiger partial charge in [0.2, 0.25) is 5.91 Å². The Hall–Kier alpha value is -2.11. The molecule has 1 aromatic heterocycles. The Morgan fingerprint density at radius 1 is 1.16 bits per heavy atom. The molecule has 6 heteroatoms. The first-order valence-electron chi connectivity index (χ1n) is 11.6. The summed E-state index contributed by atoms with van der Waals surface area (Å²) >= 11 is 0. The number of ketones is 1. The van der Waals surface area contributed by atoms with Crippen LogP contribution in [-0.4, -0.2) is 46.3 Å². The van der Waals surface area contributed by atoms with Crippen molar-refractivity contribution in [1.29, 1.82) is 0 Å². The maximum absolute atomic E-state index is 13.4. The lowest BCUT2D eigenvalue weighted by Gasteiger charge is -2.27. The van der Waals surface area contributed by atoms with Crippen molar-refractivity contribution in [2.45, 2.75) is 93.7 Å². The lowest BCUT2D eigenvalue weighted by molar-refractivity contribution is -0.132. The summed E-state index contributed by atoms with van der Waals surface area (Å²) in [5.74, 6) is -0.182. The maximum Gasteiger partial charge on any atom is 0.355 e. The number of carbonyl (C=O) groups excluding carboxylic acids is 3. The summed E-state index contributed by atoms with van der Waals surface area (Å²) in [6.07, 6.45) is 3.33. The molecule has 0 unspecified atom stereocenters. The quantitative estimate of drug-likeness (QED) is 0.388. The fourth-order valence-electron chi connectivity index (χ4n) is 4.74. The standard InChI is InChI=1S/C25H40N2O4/c1-9-26-18(5)22(17(4)23(26)24(30)31-10-2)20(28)15-27(19-11-12-19)21(29)13-16(3)14-25(6,7)8/h16,19H,9-15H2,1-8H3/t16-/m1/s1. The van der Waals surface area contributed by atoms with Gasteiger partial charge in [0.05, 0.1) is 13.2 Å². The molecule has 31 heavy (non-hydrogen) atoms. The number of Topliss-reactive ketones (excluding diaryl/α,β-unsaturated/α-hetero) is 1. The van der Waals surface area contributed by atoms with E-state index in [2.05, 4.69) is 27.7 Å². The van der Waals surface area contributed by atoms with Crippen LogP contribution in [0.15, 0.2) is 0 Å². The normalized spacial score (nSPS) is 15.0. The maximum atomic E-state index is 13.4. The van der Waals surface area contributed by atoms with Crippen molar-refractivity contribution < 1.29 is 19.1 Å². The molecule has 0 N–H and O–H groups in total. The summed E-state index contributed by atoms with van der Waals surface area (Å²) in [7, 11) is 0. The Bertz CT molecular complexity index is 828. The molecule has 2 rings (SSSR count). The number of esters is 1. The van der Waals surface area contributed by atoms with Crippen LogP contribution in [0.2, 0.25) is 0 Å². The van der Waals surface area contributed by atoms with Crippen molar-refractivity contribution in [1.82, 2.24) is 9.47 Å². The van der Waals surface area contributed by atoms with E-state index in [9.17, 15) is 14.4 Å². The highest BCUT2D eigenvalue weighted by Crippen LogP contribution is 2.32. The van der Waals surface area contributed by atoms with E-state index < -0.39 is 5.97 Å². The minimum atomic E-state index is -0.407. The third-order valence-corrected chi connectivity index (χ3v) is 5.94. The van der Waals surface area contributed by atoms with Crippen molar-refractivity contribution in [2.75, 3.05) is 13.2 Å². The molecule has 6 nitrogen and oxygen atoms in total. The van der Waals surface area contributed by atoms with Gasteiger partial charge in [-0.3, -0.25) is 9.59 Å². The molecular formula is C25H40N2O4. The van der Waals surface area contributed by atoms with Crippen molar-refractivity contribution in [2.24, 2.45) is 11.3 Å². The Labute approximate surface area is 187 Å². The van der Waals surface area contributed by atoms with Gasteiger partial charge in [-0.15, -0.1) is 0 Å². The zero-order valence-corrected chi connectivity index (χ0v) is 20.6. The number of ether oxygens (including phenoxy) is 1. The Morgan fingerprint density at radius 2 is 1.77 bits per heavy atom. The summed E-state index contributed by atoms with van der Waals surface area (Å²) < 4.78 is 7.06. The second-order valence-electron chi connectivity index (χ2n) is 10.1.